The van der Waals surface area contributed by atoms with Crippen LogP contribution in [-0.2, 0) is 9.31 Å². The number of carbonyl (C=O) groups is 1. The third-order valence-corrected chi connectivity index (χ3v) is 5.13. The summed E-state index contributed by atoms with van der Waals surface area (Å²) in [6, 6.07) is 17.0. The molecule has 0 bridgehead atoms. The molecule has 1 heterocycles. The van der Waals surface area contributed by atoms with Gasteiger partial charge < -0.3 is 14.2 Å². The summed E-state index contributed by atoms with van der Waals surface area (Å²) < 4.78 is 12.1. The molecule has 1 amide bonds. The van der Waals surface area contributed by atoms with Gasteiger partial charge in [0.1, 0.15) is 0 Å². The summed E-state index contributed by atoms with van der Waals surface area (Å²) in [5, 5.41) is 0. The molecule has 1 aliphatic heterocycles. The number of benzene rings is 2. The van der Waals surface area contributed by atoms with Crippen LogP contribution in [0.25, 0.3) is 0 Å². The highest BCUT2D eigenvalue weighted by Crippen LogP contribution is 2.36. The second-order valence-electron chi connectivity index (χ2n) is 7.41. The van der Waals surface area contributed by atoms with E-state index in [1.807, 2.05) is 82.3 Å². The second kappa shape index (κ2) is 6.32. The van der Waals surface area contributed by atoms with E-state index >= 15 is 0 Å². The average Bonchev–Trinajstić information content (AvgIpc) is 2.82. The third kappa shape index (κ3) is 3.35. The highest BCUT2D eigenvalue weighted by atomic mass is 16.7. The lowest BCUT2D eigenvalue weighted by Gasteiger charge is -2.32. The molecule has 0 aliphatic carbocycles. The van der Waals surface area contributed by atoms with Gasteiger partial charge >= 0.3 is 7.12 Å². The van der Waals surface area contributed by atoms with Crippen molar-refractivity contribution in [1.29, 1.82) is 0 Å². The number of nitrogens with zero attached hydrogens (tertiary/aromatic N) is 1. The first-order valence-electron chi connectivity index (χ1n) is 8.50. The third-order valence-electron chi connectivity index (χ3n) is 5.13. The maximum atomic E-state index is 12.5. The molecule has 1 saturated heterocycles. The summed E-state index contributed by atoms with van der Waals surface area (Å²) in [5.41, 5.74) is 1.71. The molecule has 25 heavy (non-hydrogen) atoms. The Labute approximate surface area is 149 Å². The number of amides is 1. The van der Waals surface area contributed by atoms with Gasteiger partial charge in [0.15, 0.2) is 0 Å². The fourth-order valence-electron chi connectivity index (χ4n) is 2.73. The smallest absolute Gasteiger partial charge is 0.399 e. The van der Waals surface area contributed by atoms with E-state index in [2.05, 4.69) is 0 Å². The van der Waals surface area contributed by atoms with Gasteiger partial charge in [0.2, 0.25) is 0 Å². The van der Waals surface area contributed by atoms with E-state index in [4.69, 9.17) is 9.31 Å². The molecule has 2 aromatic carbocycles. The lowest BCUT2D eigenvalue weighted by Crippen LogP contribution is -2.41. The SMILES string of the molecule is CN(C(=O)c1ccccc1)c1ccc(B2OC(C)(C)C(C)(C)O2)cc1. The Morgan fingerprint density at radius 3 is 1.92 bits per heavy atom. The van der Waals surface area contributed by atoms with Crippen LogP contribution in [0, 0.1) is 0 Å². The zero-order valence-corrected chi connectivity index (χ0v) is 15.4. The van der Waals surface area contributed by atoms with E-state index in [0.717, 1.165) is 11.2 Å². The molecule has 1 aliphatic rings. The maximum absolute atomic E-state index is 12.5. The number of hydrogen-bond acceptors (Lipinski definition) is 3. The fourth-order valence-corrected chi connectivity index (χ4v) is 2.73. The molecule has 1 fully saturated rings. The van der Waals surface area contributed by atoms with Crippen LogP contribution < -0.4 is 10.4 Å². The molecule has 130 valence electrons. The molecular weight excluding hydrogens is 313 g/mol. The van der Waals surface area contributed by atoms with E-state index in [0.29, 0.717) is 5.56 Å². The summed E-state index contributed by atoms with van der Waals surface area (Å²) in [5.74, 6) is -0.0380. The second-order valence-corrected chi connectivity index (χ2v) is 7.41. The van der Waals surface area contributed by atoms with Crippen molar-refractivity contribution in [2.75, 3.05) is 11.9 Å². The van der Waals surface area contributed by atoms with Crippen LogP contribution in [0.1, 0.15) is 38.1 Å². The molecule has 0 unspecified atom stereocenters. The van der Waals surface area contributed by atoms with Crippen molar-refractivity contribution in [3.05, 3.63) is 60.2 Å². The first kappa shape index (κ1) is 17.7. The molecule has 0 radical (unpaired) electrons. The van der Waals surface area contributed by atoms with E-state index in [1.54, 1.807) is 11.9 Å². The van der Waals surface area contributed by atoms with Gasteiger partial charge in [-0.05, 0) is 57.4 Å². The van der Waals surface area contributed by atoms with Crippen molar-refractivity contribution in [2.24, 2.45) is 0 Å². The average molecular weight is 337 g/mol. The van der Waals surface area contributed by atoms with Crippen molar-refractivity contribution >= 4 is 24.2 Å². The maximum Gasteiger partial charge on any atom is 0.494 e. The molecule has 0 atom stereocenters. The highest BCUT2D eigenvalue weighted by Gasteiger charge is 2.51. The number of rotatable bonds is 3. The van der Waals surface area contributed by atoms with Gasteiger partial charge in [0.05, 0.1) is 11.2 Å². The molecule has 4 nitrogen and oxygen atoms in total. The molecule has 0 spiro atoms. The van der Waals surface area contributed by atoms with Crippen LogP contribution >= 0.6 is 0 Å². The predicted octanol–water partition coefficient (Wildman–Crippen LogP) is 3.26. The topological polar surface area (TPSA) is 38.8 Å². The standard InChI is InChI=1S/C20H24BNO3/c1-19(2)20(3,4)25-21(24-19)16-11-13-17(14-12-16)22(5)18(23)15-9-7-6-8-10-15/h6-14H,1-5H3. The van der Waals surface area contributed by atoms with Gasteiger partial charge in [-0.1, -0.05) is 30.3 Å². The minimum Gasteiger partial charge on any atom is -0.399 e. The Hall–Kier alpha value is -2.11. The van der Waals surface area contributed by atoms with E-state index in [-0.39, 0.29) is 17.1 Å². The van der Waals surface area contributed by atoms with Gasteiger partial charge in [0, 0.05) is 18.3 Å². The largest absolute Gasteiger partial charge is 0.494 e. The first-order chi connectivity index (χ1) is 11.7. The van der Waals surface area contributed by atoms with Crippen molar-refractivity contribution in [3.8, 4) is 0 Å². The Balaban J connectivity index is 1.76. The van der Waals surface area contributed by atoms with E-state index < -0.39 is 7.12 Å². The Morgan fingerprint density at radius 2 is 1.40 bits per heavy atom. The Kier molecular flexibility index (Phi) is 4.48. The summed E-state index contributed by atoms with van der Waals surface area (Å²) >= 11 is 0. The predicted molar refractivity (Wildman–Crippen MR) is 101 cm³/mol. The molecule has 5 heteroatoms. The normalized spacial score (nSPS) is 18.2. The zero-order chi connectivity index (χ0) is 18.2. The highest BCUT2D eigenvalue weighted by molar-refractivity contribution is 6.62. The van der Waals surface area contributed by atoms with E-state index in [1.165, 1.54) is 0 Å². The molecule has 0 saturated carbocycles. The van der Waals surface area contributed by atoms with Crippen LogP contribution in [0.2, 0.25) is 0 Å². The van der Waals surface area contributed by atoms with E-state index in [9.17, 15) is 4.79 Å². The summed E-state index contributed by atoms with van der Waals surface area (Å²) in [4.78, 5) is 14.2. The minimum absolute atomic E-state index is 0.0380. The van der Waals surface area contributed by atoms with Crippen LogP contribution in [0.4, 0.5) is 5.69 Å². The van der Waals surface area contributed by atoms with Gasteiger partial charge in [0.25, 0.3) is 5.91 Å². The van der Waals surface area contributed by atoms with Gasteiger partial charge in [-0.15, -0.1) is 0 Å². The van der Waals surface area contributed by atoms with Gasteiger partial charge in [-0.25, -0.2) is 0 Å². The molecule has 3 rings (SSSR count). The quantitative estimate of drug-likeness (QED) is 0.807. The zero-order valence-electron chi connectivity index (χ0n) is 15.4. The van der Waals surface area contributed by atoms with Gasteiger partial charge in [-0.2, -0.15) is 0 Å². The molecule has 2 aromatic rings. The molecule has 0 aromatic heterocycles. The Morgan fingerprint density at radius 1 is 0.880 bits per heavy atom. The number of anilines is 1. The first-order valence-corrected chi connectivity index (χ1v) is 8.50. The lowest BCUT2D eigenvalue weighted by molar-refractivity contribution is 0.00578. The van der Waals surface area contributed by atoms with Crippen molar-refractivity contribution in [3.63, 3.8) is 0 Å². The monoisotopic (exact) mass is 337 g/mol. The Bertz CT molecular complexity index is 740. The summed E-state index contributed by atoms with van der Waals surface area (Å²) in [6.07, 6.45) is 0. The molecular formula is C20H24BNO3. The lowest BCUT2D eigenvalue weighted by atomic mass is 9.79. The molecule has 0 N–H and O–H groups in total. The van der Waals surface area contributed by atoms with Crippen LogP contribution in [-0.4, -0.2) is 31.3 Å². The summed E-state index contributed by atoms with van der Waals surface area (Å²) in [7, 11) is 1.38. The van der Waals surface area contributed by atoms with Crippen LogP contribution in [0.3, 0.4) is 0 Å². The number of carbonyl (C=O) groups excluding carboxylic acids is 1. The van der Waals surface area contributed by atoms with Gasteiger partial charge in [-0.3, -0.25) is 4.79 Å². The number of hydrogen-bond donors (Lipinski definition) is 0. The van der Waals surface area contributed by atoms with Crippen molar-refractivity contribution < 1.29 is 14.1 Å². The van der Waals surface area contributed by atoms with Crippen molar-refractivity contribution in [2.45, 2.75) is 38.9 Å². The fraction of sp³-hybridized carbons (Fsp3) is 0.350. The van der Waals surface area contributed by atoms with Crippen LogP contribution in [0.5, 0.6) is 0 Å². The summed E-state index contributed by atoms with van der Waals surface area (Å²) in [6.45, 7) is 8.14. The van der Waals surface area contributed by atoms with Crippen LogP contribution in [0.15, 0.2) is 54.6 Å². The minimum atomic E-state index is -0.394. The van der Waals surface area contributed by atoms with Crippen molar-refractivity contribution in [1.82, 2.24) is 0 Å².